The van der Waals surface area contributed by atoms with E-state index in [1.807, 2.05) is 35.7 Å². The molecule has 0 aliphatic carbocycles. The average molecular weight is 453 g/mol. The zero-order valence-electron chi connectivity index (χ0n) is 18.1. The Morgan fingerprint density at radius 2 is 1.88 bits per heavy atom. The molecule has 0 fully saturated rings. The number of hydrogen-bond acceptors (Lipinski definition) is 5. The summed E-state index contributed by atoms with van der Waals surface area (Å²) in [6.45, 7) is 1.36. The van der Waals surface area contributed by atoms with Crippen molar-refractivity contribution in [1.29, 1.82) is 0 Å². The van der Waals surface area contributed by atoms with E-state index in [0.717, 1.165) is 24.2 Å². The lowest BCUT2D eigenvalue weighted by Gasteiger charge is -2.10. The highest BCUT2D eigenvalue weighted by atomic mass is 32.1. The molecule has 0 saturated heterocycles. The SMILES string of the molecule is COCCOc1cccc(CNC(=O)c2cccc(NC(=O)CCCc3cccs3)c2)c1. The quantitative estimate of drug-likeness (QED) is 0.392. The molecule has 0 aliphatic rings. The van der Waals surface area contributed by atoms with Gasteiger partial charge >= 0.3 is 0 Å². The van der Waals surface area contributed by atoms with Crippen LogP contribution in [0.4, 0.5) is 5.69 Å². The van der Waals surface area contributed by atoms with E-state index in [-0.39, 0.29) is 11.8 Å². The van der Waals surface area contributed by atoms with Gasteiger partial charge in [-0.1, -0.05) is 24.3 Å². The Hall–Kier alpha value is -3.16. The first-order valence-corrected chi connectivity index (χ1v) is 11.4. The number of anilines is 1. The smallest absolute Gasteiger partial charge is 0.251 e. The summed E-state index contributed by atoms with van der Waals surface area (Å²) >= 11 is 1.70. The molecule has 0 atom stereocenters. The van der Waals surface area contributed by atoms with E-state index < -0.39 is 0 Å². The van der Waals surface area contributed by atoms with Crippen LogP contribution >= 0.6 is 11.3 Å². The highest BCUT2D eigenvalue weighted by Gasteiger charge is 2.09. The van der Waals surface area contributed by atoms with Gasteiger partial charge in [-0.05, 0) is 60.2 Å². The largest absolute Gasteiger partial charge is 0.491 e. The van der Waals surface area contributed by atoms with Gasteiger partial charge in [0.1, 0.15) is 12.4 Å². The zero-order chi connectivity index (χ0) is 22.6. The third kappa shape index (κ3) is 7.83. The van der Waals surface area contributed by atoms with E-state index in [4.69, 9.17) is 9.47 Å². The van der Waals surface area contributed by atoms with Crippen molar-refractivity contribution in [3.63, 3.8) is 0 Å². The van der Waals surface area contributed by atoms with E-state index in [1.165, 1.54) is 4.88 Å². The van der Waals surface area contributed by atoms with Crippen LogP contribution in [0.25, 0.3) is 0 Å². The van der Waals surface area contributed by atoms with Crippen LogP contribution in [0.5, 0.6) is 5.75 Å². The van der Waals surface area contributed by atoms with Crippen molar-refractivity contribution in [3.8, 4) is 5.75 Å². The molecule has 0 saturated carbocycles. The molecular weight excluding hydrogens is 424 g/mol. The molecule has 7 heteroatoms. The molecule has 32 heavy (non-hydrogen) atoms. The number of rotatable bonds is 12. The minimum atomic E-state index is -0.204. The first kappa shape index (κ1) is 23.5. The molecule has 0 aliphatic heterocycles. The molecule has 1 heterocycles. The molecule has 2 aromatic carbocycles. The number of hydrogen-bond donors (Lipinski definition) is 2. The maximum Gasteiger partial charge on any atom is 0.251 e. The summed E-state index contributed by atoms with van der Waals surface area (Å²) in [7, 11) is 1.63. The van der Waals surface area contributed by atoms with Gasteiger partial charge in [0, 0.05) is 36.2 Å². The molecule has 0 radical (unpaired) electrons. The Kier molecular flexibility index (Phi) is 9.28. The van der Waals surface area contributed by atoms with Crippen molar-refractivity contribution < 1.29 is 19.1 Å². The molecule has 2 N–H and O–H groups in total. The first-order valence-electron chi connectivity index (χ1n) is 10.6. The Labute approximate surface area is 192 Å². The van der Waals surface area contributed by atoms with Gasteiger partial charge < -0.3 is 20.1 Å². The number of carbonyl (C=O) groups is 2. The van der Waals surface area contributed by atoms with Gasteiger partial charge in [0.2, 0.25) is 5.91 Å². The summed E-state index contributed by atoms with van der Waals surface area (Å²) in [5, 5.41) is 7.83. The van der Waals surface area contributed by atoms with Crippen molar-refractivity contribution in [2.75, 3.05) is 25.6 Å². The van der Waals surface area contributed by atoms with Gasteiger partial charge in [-0.3, -0.25) is 9.59 Å². The minimum absolute atomic E-state index is 0.0515. The molecule has 1 aromatic heterocycles. The van der Waals surface area contributed by atoms with Gasteiger partial charge in [0.05, 0.1) is 6.61 Å². The second kappa shape index (κ2) is 12.6. The normalized spacial score (nSPS) is 10.5. The van der Waals surface area contributed by atoms with Gasteiger partial charge in [0.15, 0.2) is 0 Å². The Balaban J connectivity index is 1.47. The topological polar surface area (TPSA) is 76.7 Å². The molecular formula is C25H28N2O4S. The van der Waals surface area contributed by atoms with Crippen molar-refractivity contribution in [2.45, 2.75) is 25.8 Å². The summed E-state index contributed by atoms with van der Waals surface area (Å²) in [6.07, 6.45) is 2.13. The highest BCUT2D eigenvalue weighted by molar-refractivity contribution is 7.09. The van der Waals surface area contributed by atoms with Crippen molar-refractivity contribution in [2.24, 2.45) is 0 Å². The van der Waals surface area contributed by atoms with Gasteiger partial charge in [-0.15, -0.1) is 11.3 Å². The molecule has 3 aromatic rings. The first-order chi connectivity index (χ1) is 15.6. The number of nitrogens with one attached hydrogen (secondary N) is 2. The summed E-state index contributed by atoms with van der Waals surface area (Å²) in [5.74, 6) is 0.478. The molecule has 2 amide bonds. The number of carbonyl (C=O) groups excluding carboxylic acids is 2. The van der Waals surface area contributed by atoms with Crippen molar-refractivity contribution in [3.05, 3.63) is 82.0 Å². The maximum atomic E-state index is 12.6. The highest BCUT2D eigenvalue weighted by Crippen LogP contribution is 2.16. The Morgan fingerprint density at radius 3 is 2.69 bits per heavy atom. The molecule has 0 unspecified atom stereocenters. The van der Waals surface area contributed by atoms with Gasteiger partial charge in [-0.25, -0.2) is 0 Å². The van der Waals surface area contributed by atoms with E-state index in [0.29, 0.717) is 37.4 Å². The van der Waals surface area contributed by atoms with Crippen molar-refractivity contribution >= 4 is 28.8 Å². The fourth-order valence-corrected chi connectivity index (χ4v) is 3.86. The lowest BCUT2D eigenvalue weighted by Crippen LogP contribution is -2.23. The van der Waals surface area contributed by atoms with Gasteiger partial charge in [-0.2, -0.15) is 0 Å². The van der Waals surface area contributed by atoms with E-state index in [9.17, 15) is 9.59 Å². The number of amides is 2. The van der Waals surface area contributed by atoms with Crippen LogP contribution in [0.3, 0.4) is 0 Å². The standard InChI is InChI=1S/C25H28N2O4S/c1-30-13-14-31-22-9-2-6-19(16-22)18-26-25(29)20-7-3-8-21(17-20)27-24(28)12-4-10-23-11-5-15-32-23/h2-3,5-9,11,15-17H,4,10,12-14,18H2,1H3,(H,26,29)(H,27,28). The second-order valence-electron chi connectivity index (χ2n) is 7.23. The van der Waals surface area contributed by atoms with Crippen LogP contribution in [0.2, 0.25) is 0 Å². The summed E-state index contributed by atoms with van der Waals surface area (Å²) in [5.41, 5.74) is 2.05. The van der Waals surface area contributed by atoms with E-state index >= 15 is 0 Å². The predicted molar refractivity (Wildman–Crippen MR) is 127 cm³/mol. The van der Waals surface area contributed by atoms with Crippen LogP contribution in [0.15, 0.2) is 66.0 Å². The summed E-state index contributed by atoms with van der Waals surface area (Å²) < 4.78 is 10.6. The van der Waals surface area contributed by atoms with Gasteiger partial charge in [0.25, 0.3) is 5.91 Å². The van der Waals surface area contributed by atoms with Crippen LogP contribution in [0.1, 0.15) is 33.6 Å². The Morgan fingerprint density at radius 1 is 1.00 bits per heavy atom. The van der Waals surface area contributed by atoms with E-state index in [1.54, 1.807) is 42.7 Å². The Bertz CT molecular complexity index is 1000. The zero-order valence-corrected chi connectivity index (χ0v) is 19.0. The predicted octanol–water partition coefficient (Wildman–Crippen LogP) is 4.66. The van der Waals surface area contributed by atoms with Crippen LogP contribution in [0, 0.1) is 0 Å². The third-order valence-electron chi connectivity index (χ3n) is 4.72. The summed E-state index contributed by atoms with van der Waals surface area (Å²) in [6, 6.07) is 18.6. The average Bonchev–Trinajstić information content (AvgIpc) is 3.32. The summed E-state index contributed by atoms with van der Waals surface area (Å²) in [4.78, 5) is 26.1. The molecule has 0 spiro atoms. The molecule has 6 nitrogen and oxygen atoms in total. The number of benzene rings is 2. The van der Waals surface area contributed by atoms with Crippen molar-refractivity contribution in [1.82, 2.24) is 5.32 Å². The minimum Gasteiger partial charge on any atom is -0.491 e. The van der Waals surface area contributed by atoms with Crippen LogP contribution in [-0.4, -0.2) is 32.1 Å². The molecule has 3 rings (SSSR count). The number of methoxy groups -OCH3 is 1. The monoisotopic (exact) mass is 452 g/mol. The number of thiophene rings is 1. The number of ether oxygens (including phenoxy) is 2. The molecule has 168 valence electrons. The van der Waals surface area contributed by atoms with Crippen LogP contribution < -0.4 is 15.4 Å². The number of aryl methyl sites for hydroxylation is 1. The fourth-order valence-electron chi connectivity index (χ4n) is 3.11. The second-order valence-corrected chi connectivity index (χ2v) is 8.27. The fraction of sp³-hybridized carbons (Fsp3) is 0.280. The maximum absolute atomic E-state index is 12.6. The lowest BCUT2D eigenvalue weighted by atomic mass is 10.1. The molecule has 0 bridgehead atoms. The lowest BCUT2D eigenvalue weighted by molar-refractivity contribution is -0.116. The van der Waals surface area contributed by atoms with E-state index in [2.05, 4.69) is 16.7 Å². The van der Waals surface area contributed by atoms with Crippen LogP contribution in [-0.2, 0) is 22.5 Å². The third-order valence-corrected chi connectivity index (χ3v) is 5.66.